The van der Waals surface area contributed by atoms with Crippen LogP contribution in [0.5, 0.6) is 5.75 Å². The Bertz CT molecular complexity index is 774. The monoisotopic (exact) mass is 434 g/mol. The topological polar surface area (TPSA) is 32.8 Å². The zero-order valence-corrected chi connectivity index (χ0v) is 17.0. The van der Waals surface area contributed by atoms with Crippen LogP contribution in [0.2, 0.25) is 0 Å². The molecule has 0 unspecified atom stereocenters. The number of halogens is 2. The highest BCUT2D eigenvalue weighted by Gasteiger charge is 2.21. The highest BCUT2D eigenvalue weighted by Crippen LogP contribution is 2.19. The molecule has 1 aliphatic rings. The number of aryl methyl sites for hydroxylation is 1. The first-order valence-electron chi connectivity index (χ1n) is 9.12. The molecular formula is C21H24BrFN2O2. The zero-order valence-electron chi connectivity index (χ0n) is 15.5. The molecule has 0 radical (unpaired) electrons. The third-order valence-electron chi connectivity index (χ3n) is 4.90. The van der Waals surface area contributed by atoms with Gasteiger partial charge in [-0.2, -0.15) is 0 Å². The fraction of sp³-hybridized carbons (Fsp3) is 0.381. The van der Waals surface area contributed by atoms with Gasteiger partial charge in [-0.25, -0.2) is 4.39 Å². The van der Waals surface area contributed by atoms with Crippen LogP contribution in [-0.2, 0) is 17.8 Å². The van der Waals surface area contributed by atoms with E-state index in [1.165, 1.54) is 6.07 Å². The van der Waals surface area contributed by atoms with Crippen molar-refractivity contribution in [3.8, 4) is 5.75 Å². The summed E-state index contributed by atoms with van der Waals surface area (Å²) in [6, 6.07) is 13.0. The third kappa shape index (κ3) is 5.53. The predicted molar refractivity (Wildman–Crippen MR) is 107 cm³/mol. The molecule has 144 valence electrons. The first-order valence-corrected chi connectivity index (χ1v) is 9.91. The number of hydrogen-bond donors (Lipinski definition) is 0. The average Bonchev–Trinajstić information content (AvgIpc) is 2.70. The SMILES string of the molecule is COc1ccc(CCC(=O)N2CCN(Cc3ccc(F)c(Br)c3)CC2)cc1. The number of hydrogen-bond acceptors (Lipinski definition) is 3. The van der Waals surface area contributed by atoms with Gasteiger partial charge in [-0.15, -0.1) is 0 Å². The summed E-state index contributed by atoms with van der Waals surface area (Å²) in [5, 5.41) is 0. The minimum atomic E-state index is -0.244. The molecule has 6 heteroatoms. The Labute approximate surface area is 168 Å². The number of benzene rings is 2. The summed E-state index contributed by atoms with van der Waals surface area (Å²) in [5.41, 5.74) is 2.22. The summed E-state index contributed by atoms with van der Waals surface area (Å²) in [4.78, 5) is 16.7. The molecule has 0 atom stereocenters. The molecule has 1 amide bonds. The molecule has 2 aromatic carbocycles. The largest absolute Gasteiger partial charge is 0.497 e. The van der Waals surface area contributed by atoms with Gasteiger partial charge in [0.15, 0.2) is 0 Å². The normalized spacial score (nSPS) is 15.0. The van der Waals surface area contributed by atoms with Gasteiger partial charge < -0.3 is 9.64 Å². The number of methoxy groups -OCH3 is 1. The second kappa shape index (κ2) is 9.33. The van der Waals surface area contributed by atoms with Gasteiger partial charge in [0, 0.05) is 39.1 Å². The molecule has 1 heterocycles. The first-order chi connectivity index (χ1) is 13.0. The summed E-state index contributed by atoms with van der Waals surface area (Å²) in [7, 11) is 1.65. The van der Waals surface area contributed by atoms with Crippen LogP contribution < -0.4 is 4.74 Å². The van der Waals surface area contributed by atoms with E-state index in [-0.39, 0.29) is 11.7 Å². The number of carbonyl (C=O) groups excluding carboxylic acids is 1. The maximum Gasteiger partial charge on any atom is 0.222 e. The Balaban J connectivity index is 1.43. The lowest BCUT2D eigenvalue weighted by Gasteiger charge is -2.35. The molecule has 1 aliphatic heterocycles. The van der Waals surface area contributed by atoms with E-state index in [9.17, 15) is 9.18 Å². The van der Waals surface area contributed by atoms with Gasteiger partial charge in [0.25, 0.3) is 0 Å². The molecule has 27 heavy (non-hydrogen) atoms. The summed E-state index contributed by atoms with van der Waals surface area (Å²) in [5.74, 6) is 0.787. The van der Waals surface area contributed by atoms with Gasteiger partial charge in [-0.05, 0) is 57.7 Å². The second-order valence-corrected chi connectivity index (χ2v) is 7.61. The molecule has 0 N–H and O–H groups in total. The molecular weight excluding hydrogens is 411 g/mol. The molecule has 0 bridgehead atoms. The summed E-state index contributed by atoms with van der Waals surface area (Å²) >= 11 is 3.23. The van der Waals surface area contributed by atoms with Crippen LogP contribution in [0, 0.1) is 5.82 Å². The van der Waals surface area contributed by atoms with Crippen molar-refractivity contribution in [1.82, 2.24) is 9.80 Å². The van der Waals surface area contributed by atoms with Crippen LogP contribution in [0.25, 0.3) is 0 Å². The number of amides is 1. The molecule has 0 aliphatic carbocycles. The van der Waals surface area contributed by atoms with Crippen molar-refractivity contribution in [2.24, 2.45) is 0 Å². The second-order valence-electron chi connectivity index (χ2n) is 6.75. The Kier molecular flexibility index (Phi) is 6.85. The molecule has 2 aromatic rings. The Morgan fingerprint density at radius 2 is 1.74 bits per heavy atom. The molecule has 1 fully saturated rings. The van der Waals surface area contributed by atoms with E-state index in [4.69, 9.17) is 4.74 Å². The molecule has 0 aromatic heterocycles. The lowest BCUT2D eigenvalue weighted by molar-refractivity contribution is -0.133. The number of nitrogens with zero attached hydrogens (tertiary/aromatic N) is 2. The minimum absolute atomic E-state index is 0.204. The van der Waals surface area contributed by atoms with Gasteiger partial charge in [-0.3, -0.25) is 9.69 Å². The van der Waals surface area contributed by atoms with Crippen molar-refractivity contribution in [2.45, 2.75) is 19.4 Å². The zero-order chi connectivity index (χ0) is 19.2. The van der Waals surface area contributed by atoms with Crippen LogP contribution >= 0.6 is 15.9 Å². The molecule has 0 saturated carbocycles. The van der Waals surface area contributed by atoms with E-state index in [1.807, 2.05) is 41.3 Å². The van der Waals surface area contributed by atoms with E-state index in [2.05, 4.69) is 20.8 Å². The first kappa shape index (κ1) is 19.8. The summed E-state index contributed by atoms with van der Waals surface area (Å²) in [6.07, 6.45) is 1.27. The number of ether oxygens (including phenoxy) is 1. The highest BCUT2D eigenvalue weighted by molar-refractivity contribution is 9.10. The molecule has 1 saturated heterocycles. The molecule has 0 spiro atoms. The standard InChI is InChI=1S/C21H24BrFN2O2/c1-27-18-6-2-16(3-7-18)5-9-21(26)25-12-10-24(11-13-25)15-17-4-8-20(23)19(22)14-17/h2-4,6-8,14H,5,9-13,15H2,1H3. The lowest BCUT2D eigenvalue weighted by Crippen LogP contribution is -2.48. The van der Waals surface area contributed by atoms with Gasteiger partial charge >= 0.3 is 0 Å². The van der Waals surface area contributed by atoms with E-state index in [0.29, 0.717) is 10.9 Å². The van der Waals surface area contributed by atoms with Gasteiger partial charge in [0.1, 0.15) is 11.6 Å². The van der Waals surface area contributed by atoms with Crippen LogP contribution in [0.15, 0.2) is 46.9 Å². The van der Waals surface area contributed by atoms with Crippen molar-refractivity contribution in [1.29, 1.82) is 0 Å². The van der Waals surface area contributed by atoms with E-state index >= 15 is 0 Å². The summed E-state index contributed by atoms with van der Waals surface area (Å²) < 4.78 is 19.0. The van der Waals surface area contributed by atoms with Crippen LogP contribution in [-0.4, -0.2) is 49.0 Å². The Morgan fingerprint density at radius 3 is 2.37 bits per heavy atom. The maximum absolute atomic E-state index is 13.3. The molecule has 4 nitrogen and oxygen atoms in total. The maximum atomic E-state index is 13.3. The fourth-order valence-electron chi connectivity index (χ4n) is 3.25. The van der Waals surface area contributed by atoms with Crippen molar-refractivity contribution < 1.29 is 13.9 Å². The predicted octanol–water partition coefficient (Wildman–Crippen LogP) is 3.87. The number of piperazine rings is 1. The van der Waals surface area contributed by atoms with Crippen LogP contribution in [0.4, 0.5) is 4.39 Å². The third-order valence-corrected chi connectivity index (χ3v) is 5.51. The molecule has 3 rings (SSSR count). The van der Waals surface area contributed by atoms with E-state index in [1.54, 1.807) is 7.11 Å². The average molecular weight is 435 g/mol. The van der Waals surface area contributed by atoms with E-state index < -0.39 is 0 Å². The summed E-state index contributed by atoms with van der Waals surface area (Å²) in [6.45, 7) is 3.92. The fourth-order valence-corrected chi connectivity index (χ4v) is 3.68. The number of carbonyl (C=O) groups is 1. The smallest absolute Gasteiger partial charge is 0.222 e. The van der Waals surface area contributed by atoms with Gasteiger partial charge in [-0.1, -0.05) is 18.2 Å². The van der Waals surface area contributed by atoms with Crippen LogP contribution in [0.1, 0.15) is 17.5 Å². The highest BCUT2D eigenvalue weighted by atomic mass is 79.9. The quantitative estimate of drug-likeness (QED) is 0.691. The van der Waals surface area contributed by atoms with Crippen molar-refractivity contribution in [3.05, 3.63) is 63.9 Å². The van der Waals surface area contributed by atoms with Gasteiger partial charge in [0.2, 0.25) is 5.91 Å². The Morgan fingerprint density at radius 1 is 1.07 bits per heavy atom. The van der Waals surface area contributed by atoms with Crippen molar-refractivity contribution >= 4 is 21.8 Å². The lowest BCUT2D eigenvalue weighted by atomic mass is 10.1. The van der Waals surface area contributed by atoms with Crippen molar-refractivity contribution in [2.75, 3.05) is 33.3 Å². The Hall–Kier alpha value is -1.92. The van der Waals surface area contributed by atoms with Crippen LogP contribution in [0.3, 0.4) is 0 Å². The van der Waals surface area contributed by atoms with E-state index in [0.717, 1.165) is 56.0 Å². The van der Waals surface area contributed by atoms with Gasteiger partial charge in [0.05, 0.1) is 11.6 Å². The minimum Gasteiger partial charge on any atom is -0.497 e. The van der Waals surface area contributed by atoms with Crippen molar-refractivity contribution in [3.63, 3.8) is 0 Å². The number of rotatable bonds is 6.